The van der Waals surface area contributed by atoms with Crippen molar-refractivity contribution in [1.29, 1.82) is 0 Å². The number of nitrogens with one attached hydrogen (secondary N) is 2. The van der Waals surface area contributed by atoms with Crippen molar-refractivity contribution in [3.63, 3.8) is 0 Å². The van der Waals surface area contributed by atoms with Crippen molar-refractivity contribution in [3.05, 3.63) is 35.4 Å². The zero-order valence-corrected chi connectivity index (χ0v) is 18.1. The largest absolute Gasteiger partial charge is 0.357 e. The number of hydrogen-bond acceptors (Lipinski definition) is 2. The van der Waals surface area contributed by atoms with E-state index in [2.05, 4.69) is 61.5 Å². The van der Waals surface area contributed by atoms with E-state index in [-0.39, 0.29) is 35.4 Å². The number of nitrogens with zero attached hydrogens (tertiary/aromatic N) is 2. The van der Waals surface area contributed by atoms with E-state index in [1.54, 1.807) is 0 Å². The van der Waals surface area contributed by atoms with E-state index >= 15 is 0 Å². The average molecular weight is 458 g/mol. The summed E-state index contributed by atoms with van der Waals surface area (Å²) in [6, 6.07) is 8.36. The van der Waals surface area contributed by atoms with Gasteiger partial charge in [-0.05, 0) is 45.2 Å². The van der Waals surface area contributed by atoms with E-state index in [1.807, 2.05) is 11.0 Å². The lowest BCUT2D eigenvalue weighted by Gasteiger charge is -2.23. The number of halogens is 1. The Labute approximate surface area is 168 Å². The highest BCUT2D eigenvalue weighted by Crippen LogP contribution is 2.15. The molecule has 6 heteroatoms. The van der Waals surface area contributed by atoms with E-state index < -0.39 is 0 Å². The van der Waals surface area contributed by atoms with Gasteiger partial charge in [0.2, 0.25) is 5.91 Å². The highest BCUT2D eigenvalue weighted by molar-refractivity contribution is 14.0. The standard InChI is InChI=1S/C19H30N4O.HI/c1-5-20-18(22-19(2,3)4)21-13-15-8-6-9-16(12-15)14-23-11-7-10-17(23)24;/h6,8-9,12H,5,7,10-11,13-14H2,1-4H3,(H2,20,21,22);1H. The molecule has 25 heavy (non-hydrogen) atoms. The third-order valence-corrected chi connectivity index (χ3v) is 3.79. The van der Waals surface area contributed by atoms with Gasteiger partial charge in [-0.25, -0.2) is 4.99 Å². The molecule has 140 valence electrons. The highest BCUT2D eigenvalue weighted by atomic mass is 127. The summed E-state index contributed by atoms with van der Waals surface area (Å²) in [5, 5.41) is 6.67. The molecule has 5 nitrogen and oxygen atoms in total. The quantitative estimate of drug-likeness (QED) is 0.405. The molecule has 0 saturated carbocycles. The molecule has 0 bridgehead atoms. The number of carbonyl (C=O) groups excluding carboxylic acids is 1. The molecule has 1 amide bonds. The van der Waals surface area contributed by atoms with Gasteiger partial charge in [-0.1, -0.05) is 24.3 Å². The van der Waals surface area contributed by atoms with Crippen LogP contribution in [-0.2, 0) is 17.9 Å². The summed E-state index contributed by atoms with van der Waals surface area (Å²) in [5.74, 6) is 1.09. The minimum absolute atomic E-state index is 0. The fraction of sp³-hybridized carbons (Fsp3) is 0.579. The summed E-state index contributed by atoms with van der Waals surface area (Å²) in [6.07, 6.45) is 1.67. The molecular weight excluding hydrogens is 427 g/mol. The normalized spacial score (nSPS) is 15.1. The number of aliphatic imine (C=N–C) groups is 1. The van der Waals surface area contributed by atoms with E-state index in [0.29, 0.717) is 19.5 Å². The minimum Gasteiger partial charge on any atom is -0.357 e. The number of hydrogen-bond donors (Lipinski definition) is 2. The highest BCUT2D eigenvalue weighted by Gasteiger charge is 2.19. The lowest BCUT2D eigenvalue weighted by Crippen LogP contribution is -2.47. The number of guanidine groups is 1. The number of carbonyl (C=O) groups is 1. The third kappa shape index (κ3) is 7.63. The van der Waals surface area contributed by atoms with Gasteiger partial charge >= 0.3 is 0 Å². The molecule has 1 aliphatic rings. The second-order valence-corrected chi connectivity index (χ2v) is 7.31. The zero-order chi connectivity index (χ0) is 17.6. The Kier molecular flexibility index (Phi) is 8.68. The topological polar surface area (TPSA) is 56.7 Å². The Morgan fingerprint density at radius 2 is 2.00 bits per heavy atom. The van der Waals surface area contributed by atoms with Crippen molar-refractivity contribution in [3.8, 4) is 0 Å². The lowest BCUT2D eigenvalue weighted by molar-refractivity contribution is -0.128. The first kappa shape index (κ1) is 21.7. The molecular formula is C19H31IN4O. The van der Waals surface area contributed by atoms with Crippen LogP contribution in [0, 0.1) is 0 Å². The smallest absolute Gasteiger partial charge is 0.222 e. The maximum absolute atomic E-state index is 11.8. The number of likely N-dealkylation sites (tertiary alicyclic amines) is 1. The summed E-state index contributed by atoms with van der Waals surface area (Å²) in [6.45, 7) is 11.5. The van der Waals surface area contributed by atoms with Crippen molar-refractivity contribution in [1.82, 2.24) is 15.5 Å². The van der Waals surface area contributed by atoms with Crippen LogP contribution in [0.15, 0.2) is 29.3 Å². The van der Waals surface area contributed by atoms with Crippen LogP contribution >= 0.6 is 24.0 Å². The fourth-order valence-electron chi connectivity index (χ4n) is 2.75. The molecule has 1 aromatic rings. The third-order valence-electron chi connectivity index (χ3n) is 3.79. The number of benzene rings is 1. The van der Waals surface area contributed by atoms with Crippen LogP contribution in [0.25, 0.3) is 0 Å². The zero-order valence-electron chi connectivity index (χ0n) is 15.8. The van der Waals surface area contributed by atoms with Crippen LogP contribution in [-0.4, -0.2) is 35.4 Å². The van der Waals surface area contributed by atoms with E-state index in [9.17, 15) is 4.79 Å². The molecule has 0 spiro atoms. The van der Waals surface area contributed by atoms with Gasteiger partial charge in [-0.2, -0.15) is 0 Å². The van der Waals surface area contributed by atoms with Crippen LogP contribution in [0.2, 0.25) is 0 Å². The maximum Gasteiger partial charge on any atom is 0.222 e. The van der Waals surface area contributed by atoms with Crippen molar-refractivity contribution < 1.29 is 4.79 Å². The Morgan fingerprint density at radius 1 is 1.28 bits per heavy atom. The van der Waals surface area contributed by atoms with Gasteiger partial charge in [0.25, 0.3) is 0 Å². The molecule has 0 atom stereocenters. The van der Waals surface area contributed by atoms with Gasteiger partial charge in [0.05, 0.1) is 6.54 Å². The maximum atomic E-state index is 11.8. The van der Waals surface area contributed by atoms with Crippen molar-refractivity contribution in [2.24, 2.45) is 4.99 Å². The monoisotopic (exact) mass is 458 g/mol. The summed E-state index contributed by atoms with van der Waals surface area (Å²) in [7, 11) is 0. The van der Waals surface area contributed by atoms with Crippen LogP contribution in [0.3, 0.4) is 0 Å². The van der Waals surface area contributed by atoms with Gasteiger partial charge in [-0.3, -0.25) is 4.79 Å². The predicted molar refractivity (Wildman–Crippen MR) is 114 cm³/mol. The van der Waals surface area contributed by atoms with Gasteiger partial charge in [0.1, 0.15) is 0 Å². The van der Waals surface area contributed by atoms with Crippen LogP contribution < -0.4 is 10.6 Å². The molecule has 0 radical (unpaired) electrons. The van der Waals surface area contributed by atoms with Gasteiger partial charge in [0, 0.05) is 31.6 Å². The summed E-state index contributed by atoms with van der Waals surface area (Å²) in [4.78, 5) is 18.4. The molecule has 1 aliphatic heterocycles. The minimum atomic E-state index is -0.0288. The first-order valence-corrected chi connectivity index (χ1v) is 8.79. The molecule has 1 saturated heterocycles. The molecule has 1 aromatic carbocycles. The SMILES string of the molecule is CCNC(=NCc1cccc(CN2CCCC2=O)c1)NC(C)(C)C.I. The Morgan fingerprint density at radius 3 is 2.60 bits per heavy atom. The first-order valence-electron chi connectivity index (χ1n) is 8.79. The van der Waals surface area contributed by atoms with Gasteiger partial charge in [-0.15, -0.1) is 24.0 Å². The molecule has 2 N–H and O–H groups in total. The summed E-state index contributed by atoms with van der Waals surface area (Å²) >= 11 is 0. The molecule has 2 rings (SSSR count). The second-order valence-electron chi connectivity index (χ2n) is 7.31. The first-order chi connectivity index (χ1) is 11.4. The van der Waals surface area contributed by atoms with Gasteiger partial charge < -0.3 is 15.5 Å². The molecule has 0 aliphatic carbocycles. The average Bonchev–Trinajstić information content (AvgIpc) is 2.89. The van der Waals surface area contributed by atoms with Crippen LogP contribution in [0.4, 0.5) is 0 Å². The molecule has 1 heterocycles. The van der Waals surface area contributed by atoms with Crippen molar-refractivity contribution in [2.75, 3.05) is 13.1 Å². The summed E-state index contributed by atoms with van der Waals surface area (Å²) in [5.41, 5.74) is 2.30. The molecule has 1 fully saturated rings. The lowest BCUT2D eigenvalue weighted by atomic mass is 10.1. The van der Waals surface area contributed by atoms with Gasteiger partial charge in [0.15, 0.2) is 5.96 Å². The fourth-order valence-corrected chi connectivity index (χ4v) is 2.75. The Bertz CT molecular complexity index is 595. The number of rotatable bonds is 5. The number of amides is 1. The molecule has 0 unspecified atom stereocenters. The Balaban J connectivity index is 0.00000312. The predicted octanol–water partition coefficient (Wildman–Crippen LogP) is 3.28. The van der Waals surface area contributed by atoms with Crippen molar-refractivity contribution in [2.45, 2.75) is 59.2 Å². The van der Waals surface area contributed by atoms with Crippen LogP contribution in [0.1, 0.15) is 51.7 Å². The van der Waals surface area contributed by atoms with Crippen molar-refractivity contribution >= 4 is 35.8 Å². The van der Waals surface area contributed by atoms with Crippen LogP contribution in [0.5, 0.6) is 0 Å². The summed E-state index contributed by atoms with van der Waals surface area (Å²) < 4.78 is 0. The van der Waals surface area contributed by atoms with E-state index in [1.165, 1.54) is 5.56 Å². The van der Waals surface area contributed by atoms with E-state index in [0.717, 1.165) is 31.0 Å². The Hall–Kier alpha value is -1.31. The molecule has 0 aromatic heterocycles. The van der Waals surface area contributed by atoms with E-state index in [4.69, 9.17) is 0 Å². The second kappa shape index (κ2) is 9.99.